The number of aromatic nitrogens is 1. The largest absolute Gasteiger partial charge is 0.313 e. The molecule has 0 bridgehead atoms. The Morgan fingerprint density at radius 2 is 1.64 bits per heavy atom. The summed E-state index contributed by atoms with van der Waals surface area (Å²) in [5.41, 5.74) is 4.53. The third kappa shape index (κ3) is 6.86. The molecule has 45 heavy (non-hydrogen) atoms. The molecule has 0 fully saturated rings. The lowest BCUT2D eigenvalue weighted by Gasteiger charge is -2.30. The van der Waals surface area contributed by atoms with Gasteiger partial charge in [-0.2, -0.15) is 4.31 Å². The van der Waals surface area contributed by atoms with Crippen molar-refractivity contribution < 1.29 is 13.2 Å². The molecule has 6 rings (SSSR count). The monoisotopic (exact) mass is 680 g/mol. The summed E-state index contributed by atoms with van der Waals surface area (Å²) in [5.74, 6) is -0.277. The van der Waals surface area contributed by atoms with Gasteiger partial charge in [0, 0.05) is 47.7 Å². The van der Waals surface area contributed by atoms with Crippen molar-refractivity contribution in [2.45, 2.75) is 64.2 Å². The lowest BCUT2D eigenvalue weighted by Crippen LogP contribution is -2.36. The Balaban J connectivity index is 0.00000400. The van der Waals surface area contributed by atoms with E-state index in [1.54, 1.807) is 34.8 Å². The first-order valence-electron chi connectivity index (χ1n) is 14.8. The highest BCUT2D eigenvalue weighted by Crippen LogP contribution is 2.46. The molecule has 0 aliphatic carbocycles. The molecule has 1 N–H and O–H groups in total. The van der Waals surface area contributed by atoms with Crippen LogP contribution in [0.1, 0.15) is 54.1 Å². The number of halogens is 1. The summed E-state index contributed by atoms with van der Waals surface area (Å²) in [6.07, 6.45) is 0.896. The van der Waals surface area contributed by atoms with Crippen molar-refractivity contribution in [2.75, 3.05) is 11.9 Å². The molecule has 5 aromatic rings. The van der Waals surface area contributed by atoms with Crippen LogP contribution in [0.2, 0.25) is 0 Å². The maximum absolute atomic E-state index is 13.6. The van der Waals surface area contributed by atoms with E-state index in [0.717, 1.165) is 50.9 Å². The van der Waals surface area contributed by atoms with Crippen molar-refractivity contribution in [3.8, 4) is 10.6 Å². The van der Waals surface area contributed by atoms with Gasteiger partial charge in [-0.25, -0.2) is 13.4 Å². The molecular formula is C34H37ClN4O3S3. The summed E-state index contributed by atoms with van der Waals surface area (Å²) in [5, 5.41) is 4.87. The second kappa shape index (κ2) is 13.7. The predicted octanol–water partition coefficient (Wildman–Crippen LogP) is 8.06. The Hall–Kier alpha value is -3.12. The van der Waals surface area contributed by atoms with Crippen molar-refractivity contribution in [2.24, 2.45) is 0 Å². The number of benzene rings is 3. The van der Waals surface area contributed by atoms with Crippen LogP contribution in [-0.2, 0) is 29.5 Å². The van der Waals surface area contributed by atoms with E-state index in [-0.39, 0.29) is 35.8 Å². The molecule has 0 saturated heterocycles. The Morgan fingerprint density at radius 1 is 0.956 bits per heavy atom. The van der Waals surface area contributed by atoms with Gasteiger partial charge >= 0.3 is 0 Å². The van der Waals surface area contributed by atoms with Crippen molar-refractivity contribution in [1.29, 1.82) is 0 Å². The van der Waals surface area contributed by atoms with Gasteiger partial charge in [-0.05, 0) is 81.6 Å². The summed E-state index contributed by atoms with van der Waals surface area (Å²) in [7, 11) is -3.78. The zero-order chi connectivity index (χ0) is 31.0. The first-order valence-corrected chi connectivity index (χ1v) is 17.9. The molecule has 0 spiro atoms. The first-order chi connectivity index (χ1) is 21.1. The number of para-hydroxylation sites is 1. The SMILES string of the molecule is CC(C)N1CCc2c(sc(NC(=O)c3ccc(S(=O)(=O)N(Cc4ccccc4)C(C)C)cc3)c2-c2nc3ccccc3s2)C1.Cl. The minimum Gasteiger partial charge on any atom is -0.313 e. The average molecular weight is 681 g/mol. The Labute approximate surface area is 279 Å². The topological polar surface area (TPSA) is 82.6 Å². The number of rotatable bonds is 9. The molecule has 3 heterocycles. The van der Waals surface area contributed by atoms with E-state index in [4.69, 9.17) is 4.98 Å². The number of hydrogen-bond acceptors (Lipinski definition) is 7. The van der Waals surface area contributed by atoms with Crippen LogP contribution in [0, 0.1) is 0 Å². The summed E-state index contributed by atoms with van der Waals surface area (Å²) in [6, 6.07) is 24.1. The highest BCUT2D eigenvalue weighted by molar-refractivity contribution is 7.89. The number of nitrogens with zero attached hydrogens (tertiary/aromatic N) is 3. The Bertz CT molecular complexity index is 1870. The fourth-order valence-electron chi connectivity index (χ4n) is 5.55. The van der Waals surface area contributed by atoms with Gasteiger partial charge in [0.1, 0.15) is 10.0 Å². The van der Waals surface area contributed by atoms with Gasteiger partial charge in [0.2, 0.25) is 10.0 Å². The minimum atomic E-state index is -3.78. The van der Waals surface area contributed by atoms with Gasteiger partial charge in [-0.15, -0.1) is 35.1 Å². The number of hydrogen-bond donors (Lipinski definition) is 1. The molecule has 2 aromatic heterocycles. The number of anilines is 1. The molecule has 0 saturated carbocycles. The quantitative estimate of drug-likeness (QED) is 0.170. The smallest absolute Gasteiger partial charge is 0.256 e. The normalized spacial score (nSPS) is 13.8. The van der Waals surface area contributed by atoms with Crippen molar-refractivity contribution in [1.82, 2.24) is 14.2 Å². The first kappa shape index (κ1) is 33.2. The van der Waals surface area contributed by atoms with Gasteiger partial charge in [0.05, 0.1) is 15.1 Å². The van der Waals surface area contributed by atoms with E-state index in [1.807, 2.05) is 62.4 Å². The standard InChI is InChI=1S/C34H36N4O3S3.ClH/c1-22(2)37-19-18-27-30(21-37)43-34(31(27)33-35-28-12-8-9-13-29(28)42-33)36-32(39)25-14-16-26(17-15-25)44(40,41)38(23(3)4)20-24-10-6-5-7-11-24;/h5-17,22-23H,18-21H2,1-4H3,(H,36,39);1H. The van der Waals surface area contributed by atoms with E-state index in [0.29, 0.717) is 11.6 Å². The van der Waals surface area contributed by atoms with Crippen LogP contribution in [0.3, 0.4) is 0 Å². The maximum Gasteiger partial charge on any atom is 0.256 e. The average Bonchev–Trinajstić information content (AvgIpc) is 3.60. The highest BCUT2D eigenvalue weighted by Gasteiger charge is 2.30. The third-order valence-electron chi connectivity index (χ3n) is 8.03. The maximum atomic E-state index is 13.6. The van der Waals surface area contributed by atoms with Crippen LogP contribution < -0.4 is 5.32 Å². The zero-order valence-electron chi connectivity index (χ0n) is 25.7. The van der Waals surface area contributed by atoms with Crippen LogP contribution in [0.15, 0.2) is 83.8 Å². The van der Waals surface area contributed by atoms with E-state index >= 15 is 0 Å². The molecule has 7 nitrogen and oxygen atoms in total. The highest BCUT2D eigenvalue weighted by atomic mass is 35.5. The van der Waals surface area contributed by atoms with Crippen molar-refractivity contribution in [3.63, 3.8) is 0 Å². The van der Waals surface area contributed by atoms with E-state index in [1.165, 1.54) is 26.9 Å². The molecule has 0 radical (unpaired) electrons. The molecule has 1 amide bonds. The van der Waals surface area contributed by atoms with Crippen LogP contribution in [-0.4, -0.2) is 47.1 Å². The third-order valence-corrected chi connectivity index (χ3v) is 12.3. The fraction of sp³-hybridized carbons (Fsp3) is 0.294. The summed E-state index contributed by atoms with van der Waals surface area (Å²) < 4.78 is 29.9. The Morgan fingerprint density at radius 3 is 2.31 bits per heavy atom. The number of thiazole rings is 1. The summed E-state index contributed by atoms with van der Waals surface area (Å²) in [4.78, 5) is 22.4. The molecular weight excluding hydrogens is 644 g/mol. The van der Waals surface area contributed by atoms with E-state index in [2.05, 4.69) is 30.1 Å². The number of fused-ring (bicyclic) bond motifs is 2. The number of sulfonamides is 1. The van der Waals surface area contributed by atoms with Gasteiger partial charge in [0.25, 0.3) is 5.91 Å². The van der Waals surface area contributed by atoms with Gasteiger partial charge < -0.3 is 5.32 Å². The number of carbonyl (C=O) groups is 1. The number of amides is 1. The predicted molar refractivity (Wildman–Crippen MR) is 188 cm³/mol. The molecule has 11 heteroatoms. The lowest BCUT2D eigenvalue weighted by molar-refractivity contribution is 0.102. The van der Waals surface area contributed by atoms with Crippen LogP contribution >= 0.6 is 35.1 Å². The molecule has 1 aliphatic heterocycles. The zero-order valence-corrected chi connectivity index (χ0v) is 29.0. The molecule has 3 aromatic carbocycles. The molecule has 1 aliphatic rings. The summed E-state index contributed by atoms with van der Waals surface area (Å²) in [6.45, 7) is 10.2. The lowest BCUT2D eigenvalue weighted by atomic mass is 10.0. The second-order valence-electron chi connectivity index (χ2n) is 11.6. The minimum absolute atomic E-state index is 0. The number of thiophene rings is 1. The van der Waals surface area contributed by atoms with Gasteiger partial charge in [-0.1, -0.05) is 42.5 Å². The van der Waals surface area contributed by atoms with Crippen LogP contribution in [0.5, 0.6) is 0 Å². The van der Waals surface area contributed by atoms with Crippen LogP contribution in [0.25, 0.3) is 20.8 Å². The van der Waals surface area contributed by atoms with Crippen molar-refractivity contribution >= 4 is 66.2 Å². The van der Waals surface area contributed by atoms with E-state index < -0.39 is 10.0 Å². The summed E-state index contributed by atoms with van der Waals surface area (Å²) >= 11 is 3.26. The van der Waals surface area contributed by atoms with Gasteiger partial charge in [-0.3, -0.25) is 9.69 Å². The second-order valence-corrected chi connectivity index (χ2v) is 15.6. The Kier molecular flexibility index (Phi) is 10.1. The van der Waals surface area contributed by atoms with Crippen molar-refractivity contribution in [3.05, 3.63) is 100 Å². The fourth-order valence-corrected chi connectivity index (χ4v) is 9.56. The van der Waals surface area contributed by atoms with Crippen LogP contribution in [0.4, 0.5) is 5.00 Å². The number of carbonyl (C=O) groups excluding carboxylic acids is 1. The molecule has 0 unspecified atom stereocenters. The van der Waals surface area contributed by atoms with E-state index in [9.17, 15) is 13.2 Å². The molecule has 236 valence electrons. The number of nitrogens with one attached hydrogen (secondary N) is 1. The molecule has 0 atom stereocenters. The van der Waals surface area contributed by atoms with Gasteiger partial charge in [0.15, 0.2) is 0 Å².